The Balaban J connectivity index is 2.17. The van der Waals surface area contributed by atoms with Crippen molar-refractivity contribution in [2.75, 3.05) is 0 Å². The third-order valence-electron chi connectivity index (χ3n) is 2.48. The van der Waals surface area contributed by atoms with Gasteiger partial charge in [0.05, 0.1) is 5.56 Å². The van der Waals surface area contributed by atoms with E-state index in [9.17, 15) is 4.79 Å². The molecule has 0 saturated carbocycles. The Morgan fingerprint density at radius 2 is 1.83 bits per heavy atom. The number of carboxylic acids is 1. The Kier molecular flexibility index (Phi) is 3.60. The molecule has 0 spiro atoms. The van der Waals surface area contributed by atoms with Crippen LogP contribution in [-0.4, -0.2) is 11.1 Å². The van der Waals surface area contributed by atoms with Crippen LogP contribution in [0.2, 0.25) is 0 Å². The molecule has 0 heterocycles. The topological polar surface area (TPSA) is 72.5 Å². The molecule has 0 aromatic heterocycles. The van der Waals surface area contributed by atoms with Crippen molar-refractivity contribution >= 4 is 5.97 Å². The zero-order valence-electron chi connectivity index (χ0n) is 9.67. The average molecular weight is 243 g/mol. The number of rotatable bonds is 4. The Morgan fingerprint density at radius 3 is 2.44 bits per heavy atom. The van der Waals surface area contributed by atoms with E-state index in [2.05, 4.69) is 0 Å². The van der Waals surface area contributed by atoms with E-state index in [1.807, 2.05) is 12.1 Å². The van der Waals surface area contributed by atoms with Crippen molar-refractivity contribution in [3.63, 3.8) is 0 Å². The maximum atomic E-state index is 10.8. The van der Waals surface area contributed by atoms with E-state index in [0.717, 1.165) is 5.56 Å². The van der Waals surface area contributed by atoms with Gasteiger partial charge < -0.3 is 15.6 Å². The van der Waals surface area contributed by atoms with Crippen molar-refractivity contribution in [3.8, 4) is 11.5 Å². The summed E-state index contributed by atoms with van der Waals surface area (Å²) < 4.78 is 5.56. The summed E-state index contributed by atoms with van der Waals surface area (Å²) >= 11 is 0. The molecule has 0 bridgehead atoms. The number of aromatic carboxylic acids is 1. The van der Waals surface area contributed by atoms with Crippen LogP contribution in [0, 0.1) is 0 Å². The van der Waals surface area contributed by atoms with Crippen LogP contribution < -0.4 is 10.5 Å². The molecule has 3 N–H and O–H groups in total. The van der Waals surface area contributed by atoms with Gasteiger partial charge in [0.2, 0.25) is 0 Å². The molecule has 0 radical (unpaired) electrons. The molecule has 0 unspecified atom stereocenters. The van der Waals surface area contributed by atoms with E-state index in [-0.39, 0.29) is 5.56 Å². The number of ether oxygens (including phenoxy) is 1. The molecule has 0 aliphatic rings. The van der Waals surface area contributed by atoms with Gasteiger partial charge in [0.15, 0.2) is 0 Å². The second kappa shape index (κ2) is 5.33. The third-order valence-corrected chi connectivity index (χ3v) is 2.48. The minimum absolute atomic E-state index is 0.200. The van der Waals surface area contributed by atoms with Crippen molar-refractivity contribution in [1.29, 1.82) is 0 Å². The number of hydrogen-bond acceptors (Lipinski definition) is 3. The number of benzene rings is 2. The third kappa shape index (κ3) is 2.87. The molecule has 4 heteroatoms. The Hall–Kier alpha value is -2.33. The molecule has 0 aliphatic heterocycles. The Bertz CT molecular complexity index is 549. The summed E-state index contributed by atoms with van der Waals surface area (Å²) in [5.74, 6) is 0.170. The lowest BCUT2D eigenvalue weighted by atomic mass is 10.2. The number of hydrogen-bond donors (Lipinski definition) is 2. The van der Waals surface area contributed by atoms with Crippen LogP contribution in [-0.2, 0) is 6.54 Å². The summed E-state index contributed by atoms with van der Waals surface area (Å²) in [6.07, 6.45) is 0. The molecule has 92 valence electrons. The summed E-state index contributed by atoms with van der Waals surface area (Å²) in [7, 11) is 0. The van der Waals surface area contributed by atoms with Crippen LogP contribution in [0.5, 0.6) is 11.5 Å². The normalized spacial score (nSPS) is 10.1. The monoisotopic (exact) mass is 243 g/mol. The van der Waals surface area contributed by atoms with Crippen LogP contribution in [0.15, 0.2) is 48.5 Å². The largest absolute Gasteiger partial charge is 0.478 e. The van der Waals surface area contributed by atoms with Crippen molar-refractivity contribution in [1.82, 2.24) is 0 Å². The summed E-state index contributed by atoms with van der Waals surface area (Å²) in [6.45, 7) is 0.481. The molecule has 2 rings (SSSR count). The van der Waals surface area contributed by atoms with E-state index in [1.54, 1.807) is 24.3 Å². The van der Waals surface area contributed by atoms with Crippen molar-refractivity contribution < 1.29 is 14.6 Å². The Labute approximate surface area is 105 Å². The number of nitrogens with two attached hydrogens (primary N) is 1. The maximum Gasteiger partial charge on any atom is 0.335 e. The van der Waals surface area contributed by atoms with Gasteiger partial charge in [0.1, 0.15) is 11.5 Å². The summed E-state index contributed by atoms with van der Waals surface area (Å²) in [6, 6.07) is 13.7. The first-order chi connectivity index (χ1) is 8.69. The quantitative estimate of drug-likeness (QED) is 0.865. The minimum Gasteiger partial charge on any atom is -0.478 e. The van der Waals surface area contributed by atoms with E-state index < -0.39 is 5.97 Å². The van der Waals surface area contributed by atoms with Crippen molar-refractivity contribution in [3.05, 3.63) is 59.7 Å². The van der Waals surface area contributed by atoms with Crippen LogP contribution in [0.1, 0.15) is 15.9 Å². The fourth-order valence-electron chi connectivity index (χ4n) is 1.52. The standard InChI is InChI=1S/C14H13NO3/c15-9-10-4-6-12(7-5-10)18-13-3-1-2-11(8-13)14(16)17/h1-8H,9,15H2,(H,16,17). The smallest absolute Gasteiger partial charge is 0.335 e. The van der Waals surface area contributed by atoms with Gasteiger partial charge in [0.25, 0.3) is 0 Å². The Morgan fingerprint density at radius 1 is 1.11 bits per heavy atom. The molecule has 0 saturated heterocycles. The molecular weight excluding hydrogens is 230 g/mol. The van der Waals surface area contributed by atoms with Crippen molar-refractivity contribution in [2.45, 2.75) is 6.54 Å². The van der Waals surface area contributed by atoms with Crippen LogP contribution >= 0.6 is 0 Å². The highest BCUT2D eigenvalue weighted by Gasteiger charge is 2.04. The minimum atomic E-state index is -0.973. The summed E-state index contributed by atoms with van der Waals surface area (Å²) in [5.41, 5.74) is 6.72. The second-order valence-electron chi connectivity index (χ2n) is 3.78. The highest BCUT2D eigenvalue weighted by Crippen LogP contribution is 2.22. The van der Waals surface area contributed by atoms with Gasteiger partial charge in [-0.1, -0.05) is 18.2 Å². The van der Waals surface area contributed by atoms with Gasteiger partial charge in [-0.3, -0.25) is 0 Å². The molecule has 4 nitrogen and oxygen atoms in total. The van der Waals surface area contributed by atoms with Gasteiger partial charge in [-0.2, -0.15) is 0 Å². The lowest BCUT2D eigenvalue weighted by Gasteiger charge is -2.06. The molecule has 2 aromatic rings. The first-order valence-corrected chi connectivity index (χ1v) is 5.49. The fourth-order valence-corrected chi connectivity index (χ4v) is 1.52. The molecule has 0 amide bonds. The van der Waals surface area contributed by atoms with E-state index in [0.29, 0.717) is 18.0 Å². The van der Waals surface area contributed by atoms with Gasteiger partial charge in [-0.25, -0.2) is 4.79 Å². The van der Waals surface area contributed by atoms with Gasteiger partial charge in [0, 0.05) is 6.54 Å². The number of carbonyl (C=O) groups is 1. The zero-order valence-corrected chi connectivity index (χ0v) is 9.67. The number of carboxylic acid groups (broad SMARTS) is 1. The lowest BCUT2D eigenvalue weighted by molar-refractivity contribution is 0.0696. The van der Waals surface area contributed by atoms with E-state index in [1.165, 1.54) is 12.1 Å². The molecule has 0 aliphatic carbocycles. The molecule has 0 fully saturated rings. The molecular formula is C14H13NO3. The lowest BCUT2D eigenvalue weighted by Crippen LogP contribution is -1.97. The molecule has 0 atom stereocenters. The van der Waals surface area contributed by atoms with Crippen molar-refractivity contribution in [2.24, 2.45) is 5.73 Å². The first kappa shape index (κ1) is 12.1. The SMILES string of the molecule is NCc1ccc(Oc2cccc(C(=O)O)c2)cc1. The van der Waals surface area contributed by atoms with Gasteiger partial charge in [-0.15, -0.1) is 0 Å². The van der Waals surface area contributed by atoms with E-state index >= 15 is 0 Å². The van der Waals surface area contributed by atoms with Crippen LogP contribution in [0.3, 0.4) is 0 Å². The van der Waals surface area contributed by atoms with Crippen LogP contribution in [0.4, 0.5) is 0 Å². The maximum absolute atomic E-state index is 10.8. The highest BCUT2D eigenvalue weighted by molar-refractivity contribution is 5.88. The summed E-state index contributed by atoms with van der Waals surface area (Å²) in [4.78, 5) is 10.8. The highest BCUT2D eigenvalue weighted by atomic mass is 16.5. The fraction of sp³-hybridized carbons (Fsp3) is 0.0714. The summed E-state index contributed by atoms with van der Waals surface area (Å²) in [5, 5.41) is 8.87. The van der Waals surface area contributed by atoms with Gasteiger partial charge in [-0.05, 0) is 35.9 Å². The first-order valence-electron chi connectivity index (χ1n) is 5.49. The average Bonchev–Trinajstić information content (AvgIpc) is 2.40. The predicted octanol–water partition coefficient (Wildman–Crippen LogP) is 2.64. The van der Waals surface area contributed by atoms with Crippen LogP contribution in [0.25, 0.3) is 0 Å². The second-order valence-corrected chi connectivity index (χ2v) is 3.78. The predicted molar refractivity (Wildman–Crippen MR) is 67.8 cm³/mol. The zero-order chi connectivity index (χ0) is 13.0. The van der Waals surface area contributed by atoms with E-state index in [4.69, 9.17) is 15.6 Å². The molecule has 18 heavy (non-hydrogen) atoms. The van der Waals surface area contributed by atoms with Gasteiger partial charge >= 0.3 is 5.97 Å². The molecule has 2 aromatic carbocycles.